The van der Waals surface area contributed by atoms with E-state index in [-0.39, 0.29) is 11.9 Å². The van der Waals surface area contributed by atoms with Crippen molar-refractivity contribution in [1.82, 2.24) is 0 Å². The lowest BCUT2D eigenvalue weighted by atomic mass is 10.1. The molecule has 1 aliphatic rings. The summed E-state index contributed by atoms with van der Waals surface area (Å²) in [6.07, 6.45) is 0.741. The van der Waals surface area contributed by atoms with Gasteiger partial charge in [-0.25, -0.2) is 0 Å². The number of carbonyl (C=O) groups is 1. The first-order chi connectivity index (χ1) is 9.24. The lowest BCUT2D eigenvalue weighted by molar-refractivity contribution is -0.116. The van der Waals surface area contributed by atoms with Crippen molar-refractivity contribution in [2.45, 2.75) is 12.5 Å². The molecule has 1 atom stereocenters. The molecular weight excluding hydrogens is 351 g/mol. The van der Waals surface area contributed by atoms with Crippen LogP contribution in [-0.2, 0) is 11.2 Å². The van der Waals surface area contributed by atoms with E-state index < -0.39 is 0 Å². The van der Waals surface area contributed by atoms with Crippen LogP contribution in [0.25, 0.3) is 0 Å². The molecule has 0 fully saturated rings. The molecule has 2 aromatic rings. The van der Waals surface area contributed by atoms with E-state index in [9.17, 15) is 4.79 Å². The Kier molecular flexibility index (Phi) is 3.42. The number of amides is 1. The Morgan fingerprint density at radius 1 is 1.16 bits per heavy atom. The number of hydrogen-bond donors (Lipinski definition) is 2. The molecule has 0 saturated heterocycles. The van der Waals surface area contributed by atoms with Crippen LogP contribution in [-0.4, -0.2) is 11.9 Å². The molecule has 2 N–H and O–H groups in total. The van der Waals surface area contributed by atoms with Crippen LogP contribution in [0.3, 0.4) is 0 Å². The summed E-state index contributed by atoms with van der Waals surface area (Å²) in [6, 6.07) is 15.6. The maximum atomic E-state index is 12.3. The van der Waals surface area contributed by atoms with Gasteiger partial charge in [-0.2, -0.15) is 0 Å². The summed E-state index contributed by atoms with van der Waals surface area (Å²) in [6.45, 7) is 0. The van der Waals surface area contributed by atoms with Crippen molar-refractivity contribution < 1.29 is 4.79 Å². The molecule has 1 amide bonds. The molecule has 19 heavy (non-hydrogen) atoms. The van der Waals surface area contributed by atoms with Crippen molar-refractivity contribution in [2.24, 2.45) is 0 Å². The van der Waals surface area contributed by atoms with Gasteiger partial charge in [-0.1, -0.05) is 30.3 Å². The number of nitrogens with one attached hydrogen (secondary N) is 2. The number of benzene rings is 2. The topological polar surface area (TPSA) is 41.1 Å². The minimum atomic E-state index is -0.187. The number of para-hydroxylation sites is 2. The monoisotopic (exact) mass is 364 g/mol. The van der Waals surface area contributed by atoms with Crippen LogP contribution in [0.2, 0.25) is 0 Å². The summed E-state index contributed by atoms with van der Waals surface area (Å²) in [7, 11) is 0. The predicted molar refractivity (Wildman–Crippen MR) is 85.3 cm³/mol. The van der Waals surface area contributed by atoms with Crippen LogP contribution in [0, 0.1) is 3.57 Å². The first-order valence-electron chi connectivity index (χ1n) is 6.14. The van der Waals surface area contributed by atoms with Gasteiger partial charge < -0.3 is 10.6 Å². The third kappa shape index (κ3) is 2.58. The van der Waals surface area contributed by atoms with Crippen molar-refractivity contribution in [2.75, 3.05) is 10.6 Å². The average Bonchev–Trinajstić information content (AvgIpc) is 2.85. The van der Waals surface area contributed by atoms with Crippen LogP contribution in [0.15, 0.2) is 48.5 Å². The molecule has 3 nitrogen and oxygen atoms in total. The van der Waals surface area contributed by atoms with E-state index in [1.165, 1.54) is 5.56 Å². The van der Waals surface area contributed by atoms with Crippen LogP contribution >= 0.6 is 22.6 Å². The summed E-state index contributed by atoms with van der Waals surface area (Å²) in [5, 5.41) is 6.24. The van der Waals surface area contributed by atoms with Gasteiger partial charge in [0, 0.05) is 15.7 Å². The summed E-state index contributed by atoms with van der Waals surface area (Å²) < 4.78 is 1.05. The van der Waals surface area contributed by atoms with Crippen molar-refractivity contribution in [1.29, 1.82) is 0 Å². The van der Waals surface area contributed by atoms with Gasteiger partial charge in [0.25, 0.3) is 0 Å². The Balaban J connectivity index is 1.72. The number of hydrogen-bond acceptors (Lipinski definition) is 2. The Morgan fingerprint density at radius 2 is 1.89 bits per heavy atom. The van der Waals surface area contributed by atoms with Crippen LogP contribution in [0.5, 0.6) is 0 Å². The zero-order valence-corrected chi connectivity index (χ0v) is 12.3. The predicted octanol–water partition coefficient (Wildman–Crippen LogP) is 3.27. The maximum Gasteiger partial charge on any atom is 0.247 e. The van der Waals surface area contributed by atoms with Crippen molar-refractivity contribution in [3.63, 3.8) is 0 Å². The molecule has 0 saturated carbocycles. The third-order valence-electron chi connectivity index (χ3n) is 3.22. The van der Waals surface area contributed by atoms with Gasteiger partial charge in [-0.15, -0.1) is 0 Å². The number of halogens is 1. The lowest BCUT2D eigenvalue weighted by Gasteiger charge is -2.13. The van der Waals surface area contributed by atoms with Gasteiger partial charge in [0.1, 0.15) is 6.04 Å². The molecule has 1 unspecified atom stereocenters. The minimum absolute atomic E-state index is 0.0142. The fourth-order valence-corrected chi connectivity index (χ4v) is 2.76. The molecule has 0 radical (unpaired) electrons. The summed E-state index contributed by atoms with van der Waals surface area (Å²) in [5.74, 6) is 0.0142. The molecule has 0 spiro atoms. The smallest absolute Gasteiger partial charge is 0.247 e. The van der Waals surface area contributed by atoms with E-state index in [1.807, 2.05) is 42.5 Å². The van der Waals surface area contributed by atoms with Gasteiger partial charge in [-0.05, 0) is 46.4 Å². The summed E-state index contributed by atoms with van der Waals surface area (Å²) in [4.78, 5) is 12.3. The van der Waals surface area contributed by atoms with E-state index in [0.717, 1.165) is 21.4 Å². The molecule has 3 rings (SSSR count). The first-order valence-corrected chi connectivity index (χ1v) is 7.22. The van der Waals surface area contributed by atoms with Gasteiger partial charge >= 0.3 is 0 Å². The highest BCUT2D eigenvalue weighted by molar-refractivity contribution is 14.1. The first kappa shape index (κ1) is 12.5. The fraction of sp³-hybridized carbons (Fsp3) is 0.133. The number of rotatable bonds is 2. The van der Waals surface area contributed by atoms with E-state index in [1.54, 1.807) is 0 Å². The SMILES string of the molecule is O=C(Nc1ccccc1I)C1Cc2ccccc2N1. The molecule has 96 valence electrons. The average molecular weight is 364 g/mol. The Hall–Kier alpha value is -1.56. The zero-order valence-electron chi connectivity index (χ0n) is 10.2. The van der Waals surface area contributed by atoms with Crippen LogP contribution in [0.4, 0.5) is 11.4 Å². The molecule has 1 heterocycles. The summed E-state index contributed by atoms with van der Waals surface area (Å²) in [5.41, 5.74) is 3.13. The molecule has 1 aliphatic heterocycles. The van der Waals surface area contributed by atoms with Crippen molar-refractivity contribution in [3.8, 4) is 0 Å². The number of carbonyl (C=O) groups excluding carboxylic acids is 1. The summed E-state index contributed by atoms with van der Waals surface area (Å²) >= 11 is 2.22. The van der Waals surface area contributed by atoms with Gasteiger partial charge in [0.05, 0.1) is 5.69 Å². The normalized spacial score (nSPS) is 16.6. The van der Waals surface area contributed by atoms with Crippen LogP contribution < -0.4 is 10.6 Å². The quantitative estimate of drug-likeness (QED) is 0.804. The molecular formula is C15H13IN2O. The van der Waals surface area contributed by atoms with Gasteiger partial charge in [-0.3, -0.25) is 4.79 Å². The third-order valence-corrected chi connectivity index (χ3v) is 4.16. The highest BCUT2D eigenvalue weighted by Crippen LogP contribution is 2.26. The number of fused-ring (bicyclic) bond motifs is 1. The Labute approximate surface area is 125 Å². The van der Waals surface area contributed by atoms with Gasteiger partial charge in [0.2, 0.25) is 5.91 Å². The second-order valence-corrected chi connectivity index (χ2v) is 5.69. The lowest BCUT2D eigenvalue weighted by Crippen LogP contribution is -2.33. The highest BCUT2D eigenvalue weighted by atomic mass is 127. The molecule has 0 aromatic heterocycles. The molecule has 2 aromatic carbocycles. The fourth-order valence-electron chi connectivity index (χ4n) is 2.24. The van der Waals surface area contributed by atoms with E-state index in [2.05, 4.69) is 39.3 Å². The van der Waals surface area contributed by atoms with Gasteiger partial charge in [0.15, 0.2) is 0 Å². The second-order valence-electron chi connectivity index (χ2n) is 4.53. The molecule has 0 aliphatic carbocycles. The largest absolute Gasteiger partial charge is 0.373 e. The zero-order chi connectivity index (χ0) is 13.2. The van der Waals surface area contributed by atoms with Crippen LogP contribution in [0.1, 0.15) is 5.56 Å². The molecule has 4 heteroatoms. The maximum absolute atomic E-state index is 12.3. The van der Waals surface area contributed by atoms with Crippen molar-refractivity contribution >= 4 is 39.9 Å². The van der Waals surface area contributed by atoms with E-state index >= 15 is 0 Å². The van der Waals surface area contributed by atoms with E-state index in [0.29, 0.717) is 0 Å². The standard InChI is InChI=1S/C15H13IN2O/c16-11-6-2-4-8-13(11)18-15(19)14-9-10-5-1-3-7-12(10)17-14/h1-8,14,17H,9H2,(H,18,19). The second kappa shape index (κ2) is 5.21. The van der Waals surface area contributed by atoms with E-state index in [4.69, 9.17) is 0 Å². The molecule has 0 bridgehead atoms. The Morgan fingerprint density at radius 3 is 2.68 bits per heavy atom. The van der Waals surface area contributed by atoms with Crippen molar-refractivity contribution in [3.05, 3.63) is 57.7 Å². The number of anilines is 2. The Bertz CT molecular complexity index is 602. The minimum Gasteiger partial charge on any atom is -0.373 e. The highest BCUT2D eigenvalue weighted by Gasteiger charge is 2.26.